The van der Waals surface area contributed by atoms with Gasteiger partial charge < -0.3 is 9.73 Å². The van der Waals surface area contributed by atoms with Crippen LogP contribution in [0.1, 0.15) is 35.9 Å². The van der Waals surface area contributed by atoms with Crippen LogP contribution in [-0.4, -0.2) is 19.3 Å². The van der Waals surface area contributed by atoms with Crippen LogP contribution in [0.4, 0.5) is 11.4 Å². The SMILES string of the molecule is CC(C)c1ccc(NC(=O)c2ccc(S(=O)(=O)Nc3cccnc3)o2)cc1. The fourth-order valence-corrected chi connectivity index (χ4v) is 3.34. The Balaban J connectivity index is 1.71. The summed E-state index contributed by atoms with van der Waals surface area (Å²) in [5.41, 5.74) is 2.05. The molecule has 2 heterocycles. The summed E-state index contributed by atoms with van der Waals surface area (Å²) in [4.78, 5) is 16.1. The lowest BCUT2D eigenvalue weighted by atomic mass is 10.0. The molecule has 1 aromatic carbocycles. The number of furan rings is 1. The molecule has 0 aliphatic carbocycles. The highest BCUT2D eigenvalue weighted by molar-refractivity contribution is 7.92. The summed E-state index contributed by atoms with van der Waals surface area (Å²) in [6, 6.07) is 13.1. The quantitative estimate of drug-likeness (QED) is 0.671. The van der Waals surface area contributed by atoms with Crippen molar-refractivity contribution in [1.82, 2.24) is 4.98 Å². The molecule has 0 aliphatic heterocycles. The molecule has 3 rings (SSSR count). The highest BCUT2D eigenvalue weighted by Crippen LogP contribution is 2.20. The third-order valence-electron chi connectivity index (χ3n) is 3.82. The number of carbonyl (C=O) groups excluding carboxylic acids is 1. The lowest BCUT2D eigenvalue weighted by Gasteiger charge is -2.07. The molecular formula is C19H19N3O4S. The molecule has 140 valence electrons. The van der Waals surface area contributed by atoms with E-state index in [0.717, 1.165) is 5.56 Å². The average molecular weight is 385 g/mol. The average Bonchev–Trinajstić information content (AvgIpc) is 3.14. The molecule has 7 nitrogen and oxygen atoms in total. The first-order valence-corrected chi connectivity index (χ1v) is 9.77. The zero-order valence-corrected chi connectivity index (χ0v) is 15.7. The predicted molar refractivity (Wildman–Crippen MR) is 102 cm³/mol. The van der Waals surface area contributed by atoms with Crippen molar-refractivity contribution in [3.8, 4) is 0 Å². The maximum Gasteiger partial charge on any atom is 0.295 e. The first kappa shape index (κ1) is 18.7. The van der Waals surface area contributed by atoms with Gasteiger partial charge in [0.25, 0.3) is 15.9 Å². The van der Waals surface area contributed by atoms with Crippen molar-refractivity contribution in [2.45, 2.75) is 24.9 Å². The van der Waals surface area contributed by atoms with Crippen LogP contribution in [0.15, 0.2) is 70.4 Å². The van der Waals surface area contributed by atoms with E-state index >= 15 is 0 Å². The van der Waals surface area contributed by atoms with Crippen LogP contribution in [0.25, 0.3) is 0 Å². The number of nitrogens with zero attached hydrogens (tertiary/aromatic N) is 1. The Morgan fingerprint density at radius 2 is 1.78 bits per heavy atom. The molecule has 0 fully saturated rings. The minimum Gasteiger partial charge on any atom is -0.438 e. The van der Waals surface area contributed by atoms with E-state index in [2.05, 4.69) is 28.9 Å². The van der Waals surface area contributed by atoms with Crippen LogP contribution >= 0.6 is 0 Å². The van der Waals surface area contributed by atoms with Gasteiger partial charge in [0.1, 0.15) is 0 Å². The van der Waals surface area contributed by atoms with E-state index in [1.54, 1.807) is 24.3 Å². The number of benzene rings is 1. The lowest BCUT2D eigenvalue weighted by molar-refractivity contribution is 0.0991. The molecule has 1 amide bonds. The Morgan fingerprint density at radius 3 is 2.41 bits per heavy atom. The number of sulfonamides is 1. The summed E-state index contributed by atoms with van der Waals surface area (Å²) in [7, 11) is -3.95. The summed E-state index contributed by atoms with van der Waals surface area (Å²) < 4.78 is 32.2. The largest absolute Gasteiger partial charge is 0.438 e. The van der Waals surface area contributed by atoms with Gasteiger partial charge in [-0.15, -0.1) is 0 Å². The van der Waals surface area contributed by atoms with Crippen LogP contribution in [0.2, 0.25) is 0 Å². The molecule has 8 heteroatoms. The van der Waals surface area contributed by atoms with Gasteiger partial charge in [-0.3, -0.25) is 14.5 Å². The molecule has 0 bridgehead atoms. The van der Waals surface area contributed by atoms with Gasteiger partial charge in [0.05, 0.1) is 11.9 Å². The van der Waals surface area contributed by atoms with Crippen molar-refractivity contribution in [3.05, 3.63) is 72.2 Å². The Bertz CT molecular complexity index is 1030. The van der Waals surface area contributed by atoms with Crippen molar-refractivity contribution in [2.24, 2.45) is 0 Å². The number of carbonyl (C=O) groups is 1. The van der Waals surface area contributed by atoms with Crippen molar-refractivity contribution in [2.75, 3.05) is 10.0 Å². The van der Waals surface area contributed by atoms with E-state index < -0.39 is 15.9 Å². The Kier molecular flexibility index (Phi) is 5.27. The fourth-order valence-electron chi connectivity index (χ4n) is 2.36. The molecule has 0 aliphatic rings. The monoisotopic (exact) mass is 385 g/mol. The highest BCUT2D eigenvalue weighted by Gasteiger charge is 2.21. The zero-order valence-electron chi connectivity index (χ0n) is 14.8. The Hall–Kier alpha value is -3.13. The summed E-state index contributed by atoms with van der Waals surface area (Å²) in [6.45, 7) is 4.16. The molecule has 0 spiro atoms. The molecule has 0 saturated heterocycles. The molecule has 27 heavy (non-hydrogen) atoms. The first-order chi connectivity index (χ1) is 12.8. The van der Waals surface area contributed by atoms with Gasteiger partial charge in [-0.25, -0.2) is 0 Å². The van der Waals surface area contributed by atoms with Crippen molar-refractivity contribution < 1.29 is 17.6 Å². The van der Waals surface area contributed by atoms with E-state index in [1.165, 1.54) is 24.5 Å². The van der Waals surface area contributed by atoms with Gasteiger partial charge in [-0.1, -0.05) is 26.0 Å². The van der Waals surface area contributed by atoms with Gasteiger partial charge in [0, 0.05) is 11.9 Å². The second-order valence-corrected chi connectivity index (χ2v) is 7.81. The van der Waals surface area contributed by atoms with Crippen LogP contribution < -0.4 is 10.0 Å². The van der Waals surface area contributed by atoms with E-state index in [9.17, 15) is 13.2 Å². The molecule has 0 radical (unpaired) electrons. The van der Waals surface area contributed by atoms with Crippen LogP contribution in [0.5, 0.6) is 0 Å². The minimum absolute atomic E-state index is 0.102. The number of amides is 1. The molecular weight excluding hydrogens is 366 g/mol. The number of nitrogens with one attached hydrogen (secondary N) is 2. The van der Waals surface area contributed by atoms with E-state index in [0.29, 0.717) is 17.3 Å². The molecule has 2 aromatic heterocycles. The van der Waals surface area contributed by atoms with Crippen molar-refractivity contribution in [3.63, 3.8) is 0 Å². The van der Waals surface area contributed by atoms with E-state index in [4.69, 9.17) is 4.42 Å². The molecule has 2 N–H and O–H groups in total. The third kappa shape index (κ3) is 4.53. The maximum absolute atomic E-state index is 12.3. The maximum atomic E-state index is 12.3. The number of anilines is 2. The number of aromatic nitrogens is 1. The fraction of sp³-hybridized carbons (Fsp3) is 0.158. The van der Waals surface area contributed by atoms with Crippen LogP contribution in [0.3, 0.4) is 0 Å². The predicted octanol–water partition coefficient (Wildman–Crippen LogP) is 3.85. The smallest absolute Gasteiger partial charge is 0.295 e. The van der Waals surface area contributed by atoms with Gasteiger partial charge in [0.15, 0.2) is 5.76 Å². The van der Waals surface area contributed by atoms with Crippen LogP contribution in [0, 0.1) is 0 Å². The minimum atomic E-state index is -3.95. The molecule has 0 saturated carbocycles. The van der Waals surface area contributed by atoms with Gasteiger partial charge in [0.2, 0.25) is 5.09 Å². The summed E-state index contributed by atoms with van der Waals surface area (Å²) in [5.74, 6) is -0.246. The Labute approximate surface area is 157 Å². The number of hydrogen-bond acceptors (Lipinski definition) is 5. The standard InChI is InChI=1S/C19H19N3O4S/c1-13(2)14-5-7-15(8-6-14)21-19(23)17-9-10-18(26-17)27(24,25)22-16-4-3-11-20-12-16/h3-13,22H,1-2H3,(H,21,23). The lowest BCUT2D eigenvalue weighted by Crippen LogP contribution is -2.13. The third-order valence-corrected chi connectivity index (χ3v) is 5.07. The van der Waals surface area contributed by atoms with Crippen molar-refractivity contribution >= 4 is 27.3 Å². The normalized spacial score (nSPS) is 11.4. The Morgan fingerprint density at radius 1 is 1.04 bits per heavy atom. The van der Waals surface area contributed by atoms with Gasteiger partial charge in [-0.05, 0) is 47.9 Å². The highest BCUT2D eigenvalue weighted by atomic mass is 32.2. The van der Waals surface area contributed by atoms with E-state index in [-0.39, 0.29) is 10.9 Å². The van der Waals surface area contributed by atoms with Crippen molar-refractivity contribution in [1.29, 1.82) is 0 Å². The summed E-state index contributed by atoms with van der Waals surface area (Å²) in [5, 5.41) is 2.33. The van der Waals surface area contributed by atoms with E-state index in [1.807, 2.05) is 12.1 Å². The summed E-state index contributed by atoms with van der Waals surface area (Å²) >= 11 is 0. The first-order valence-electron chi connectivity index (χ1n) is 8.29. The molecule has 3 aromatic rings. The van der Waals surface area contributed by atoms with Gasteiger partial charge in [-0.2, -0.15) is 8.42 Å². The summed E-state index contributed by atoms with van der Waals surface area (Å²) in [6.07, 6.45) is 2.90. The second kappa shape index (κ2) is 7.63. The second-order valence-electron chi connectivity index (χ2n) is 6.20. The van der Waals surface area contributed by atoms with Gasteiger partial charge >= 0.3 is 0 Å². The number of rotatable bonds is 6. The zero-order chi connectivity index (χ0) is 19.4. The van der Waals surface area contributed by atoms with Crippen LogP contribution in [-0.2, 0) is 10.0 Å². The number of pyridine rings is 1. The molecule has 0 atom stereocenters. The topological polar surface area (TPSA) is 101 Å². The number of hydrogen-bond donors (Lipinski definition) is 2. The molecule has 0 unspecified atom stereocenters.